The summed E-state index contributed by atoms with van der Waals surface area (Å²) >= 11 is 0. The standard InChI is InChI=1S/C15H22F2N2O/c1-3-15(4-2,10-18)14(20)19-9-8-11-6-5-7-12(16)13(11)17/h5-7H,3-4,8-10,18H2,1-2H3,(H,19,20). The van der Waals surface area contributed by atoms with Gasteiger partial charge < -0.3 is 11.1 Å². The summed E-state index contributed by atoms with van der Waals surface area (Å²) in [6, 6.07) is 4.04. The van der Waals surface area contributed by atoms with Crippen LogP contribution in [0.3, 0.4) is 0 Å². The van der Waals surface area contributed by atoms with Crippen molar-refractivity contribution in [3.8, 4) is 0 Å². The molecule has 5 heteroatoms. The summed E-state index contributed by atoms with van der Waals surface area (Å²) < 4.78 is 26.5. The molecule has 0 saturated heterocycles. The van der Waals surface area contributed by atoms with Crippen LogP contribution in [0.4, 0.5) is 8.78 Å². The van der Waals surface area contributed by atoms with Crippen LogP contribution in [0.15, 0.2) is 18.2 Å². The molecule has 0 aliphatic carbocycles. The van der Waals surface area contributed by atoms with Crippen LogP contribution in [-0.4, -0.2) is 19.0 Å². The molecule has 0 aliphatic rings. The van der Waals surface area contributed by atoms with E-state index in [2.05, 4.69) is 5.32 Å². The van der Waals surface area contributed by atoms with Crippen molar-refractivity contribution in [3.63, 3.8) is 0 Å². The molecule has 1 aromatic rings. The van der Waals surface area contributed by atoms with Gasteiger partial charge in [0, 0.05) is 13.1 Å². The van der Waals surface area contributed by atoms with Crippen LogP contribution >= 0.6 is 0 Å². The average Bonchev–Trinajstić information content (AvgIpc) is 2.46. The predicted molar refractivity (Wildman–Crippen MR) is 75.1 cm³/mol. The molecule has 0 spiro atoms. The largest absolute Gasteiger partial charge is 0.355 e. The first-order valence-corrected chi connectivity index (χ1v) is 6.92. The van der Waals surface area contributed by atoms with Crippen molar-refractivity contribution in [2.75, 3.05) is 13.1 Å². The monoisotopic (exact) mass is 284 g/mol. The van der Waals surface area contributed by atoms with E-state index in [1.54, 1.807) is 0 Å². The molecule has 3 N–H and O–H groups in total. The molecule has 0 radical (unpaired) electrons. The fraction of sp³-hybridized carbons (Fsp3) is 0.533. The Kier molecular flexibility index (Phi) is 6.07. The zero-order chi connectivity index (χ0) is 15.2. The molecule has 0 aromatic heterocycles. The number of amides is 1. The van der Waals surface area contributed by atoms with E-state index in [-0.39, 0.29) is 31.0 Å². The van der Waals surface area contributed by atoms with Gasteiger partial charge in [-0.2, -0.15) is 0 Å². The van der Waals surface area contributed by atoms with Gasteiger partial charge in [0.25, 0.3) is 0 Å². The fourth-order valence-corrected chi connectivity index (χ4v) is 2.19. The molecule has 20 heavy (non-hydrogen) atoms. The molecular formula is C15H22F2N2O. The normalized spacial score (nSPS) is 11.4. The molecule has 0 aliphatic heterocycles. The number of carbonyl (C=O) groups excluding carboxylic acids is 1. The Morgan fingerprint density at radius 3 is 2.50 bits per heavy atom. The van der Waals surface area contributed by atoms with Crippen molar-refractivity contribution < 1.29 is 13.6 Å². The highest BCUT2D eigenvalue weighted by atomic mass is 19.2. The minimum Gasteiger partial charge on any atom is -0.355 e. The lowest BCUT2D eigenvalue weighted by Gasteiger charge is -2.28. The van der Waals surface area contributed by atoms with Gasteiger partial charge in [0.05, 0.1) is 5.41 Å². The van der Waals surface area contributed by atoms with Crippen LogP contribution in [0.5, 0.6) is 0 Å². The van der Waals surface area contributed by atoms with E-state index in [1.807, 2.05) is 13.8 Å². The average molecular weight is 284 g/mol. The van der Waals surface area contributed by atoms with E-state index in [0.29, 0.717) is 12.8 Å². The molecule has 1 aromatic carbocycles. The minimum absolute atomic E-state index is 0.123. The predicted octanol–water partition coefficient (Wildman–Crippen LogP) is 2.39. The van der Waals surface area contributed by atoms with Crippen LogP contribution in [0.1, 0.15) is 32.3 Å². The summed E-state index contributed by atoms with van der Waals surface area (Å²) in [7, 11) is 0. The molecule has 0 bridgehead atoms. The van der Waals surface area contributed by atoms with Crippen molar-refractivity contribution in [2.45, 2.75) is 33.1 Å². The van der Waals surface area contributed by atoms with E-state index >= 15 is 0 Å². The fourth-order valence-electron chi connectivity index (χ4n) is 2.19. The summed E-state index contributed by atoms with van der Waals surface area (Å²) in [5, 5.41) is 2.76. The molecule has 3 nitrogen and oxygen atoms in total. The second-order valence-corrected chi connectivity index (χ2v) is 4.91. The summed E-state index contributed by atoms with van der Waals surface area (Å²) in [5.41, 5.74) is 5.38. The number of benzene rings is 1. The molecular weight excluding hydrogens is 262 g/mol. The van der Waals surface area contributed by atoms with Gasteiger partial charge in [-0.15, -0.1) is 0 Å². The van der Waals surface area contributed by atoms with Gasteiger partial charge in [-0.25, -0.2) is 8.78 Å². The summed E-state index contributed by atoms with van der Waals surface area (Å²) in [5.74, 6) is -1.84. The van der Waals surface area contributed by atoms with Gasteiger partial charge in [-0.3, -0.25) is 4.79 Å². The van der Waals surface area contributed by atoms with Gasteiger partial charge in [0.15, 0.2) is 11.6 Å². The van der Waals surface area contributed by atoms with Crippen molar-refractivity contribution in [1.82, 2.24) is 5.32 Å². The van der Waals surface area contributed by atoms with Crippen LogP contribution < -0.4 is 11.1 Å². The van der Waals surface area contributed by atoms with Crippen LogP contribution in [0, 0.1) is 17.0 Å². The third kappa shape index (κ3) is 3.54. The molecule has 0 unspecified atom stereocenters. The Balaban J connectivity index is 2.60. The smallest absolute Gasteiger partial charge is 0.227 e. The van der Waals surface area contributed by atoms with Gasteiger partial charge in [0.1, 0.15) is 0 Å². The Morgan fingerprint density at radius 1 is 1.30 bits per heavy atom. The molecule has 0 fully saturated rings. The highest BCUT2D eigenvalue weighted by Crippen LogP contribution is 2.24. The van der Waals surface area contributed by atoms with Gasteiger partial charge in [-0.1, -0.05) is 26.0 Å². The highest BCUT2D eigenvalue weighted by Gasteiger charge is 2.32. The van der Waals surface area contributed by atoms with Crippen LogP contribution in [-0.2, 0) is 11.2 Å². The lowest BCUT2D eigenvalue weighted by molar-refractivity contribution is -0.131. The Morgan fingerprint density at radius 2 is 1.95 bits per heavy atom. The number of nitrogens with two attached hydrogens (primary N) is 1. The van der Waals surface area contributed by atoms with Crippen molar-refractivity contribution in [2.24, 2.45) is 11.1 Å². The Hall–Kier alpha value is -1.49. The van der Waals surface area contributed by atoms with Gasteiger partial charge in [-0.05, 0) is 30.9 Å². The summed E-state index contributed by atoms with van der Waals surface area (Å²) in [6.07, 6.45) is 1.56. The second kappa shape index (κ2) is 7.33. The molecule has 112 valence electrons. The van der Waals surface area contributed by atoms with Gasteiger partial charge in [0.2, 0.25) is 5.91 Å². The van der Waals surface area contributed by atoms with E-state index in [1.165, 1.54) is 12.1 Å². The maximum absolute atomic E-state index is 13.5. The Bertz CT molecular complexity index is 451. The SMILES string of the molecule is CCC(CC)(CN)C(=O)NCCc1cccc(F)c1F. The molecule has 0 atom stereocenters. The summed E-state index contributed by atoms with van der Waals surface area (Å²) in [4.78, 5) is 12.1. The van der Waals surface area contributed by atoms with E-state index in [0.717, 1.165) is 6.07 Å². The third-order valence-corrected chi connectivity index (χ3v) is 3.94. The number of hydrogen-bond donors (Lipinski definition) is 2. The van der Waals surface area contributed by atoms with Crippen LogP contribution in [0.2, 0.25) is 0 Å². The minimum atomic E-state index is -0.868. The molecule has 0 heterocycles. The zero-order valence-corrected chi connectivity index (χ0v) is 12.0. The lowest BCUT2D eigenvalue weighted by Crippen LogP contribution is -2.45. The van der Waals surface area contributed by atoms with E-state index in [9.17, 15) is 13.6 Å². The number of rotatable bonds is 7. The number of nitrogens with one attached hydrogen (secondary N) is 1. The first kappa shape index (κ1) is 16.6. The first-order valence-electron chi connectivity index (χ1n) is 6.92. The maximum atomic E-state index is 13.5. The molecule has 1 amide bonds. The first-order chi connectivity index (χ1) is 9.50. The molecule has 1 rings (SSSR count). The number of carbonyl (C=O) groups is 1. The number of hydrogen-bond acceptors (Lipinski definition) is 2. The van der Waals surface area contributed by atoms with Crippen LogP contribution in [0.25, 0.3) is 0 Å². The van der Waals surface area contributed by atoms with E-state index in [4.69, 9.17) is 5.73 Å². The molecule has 0 saturated carbocycles. The lowest BCUT2D eigenvalue weighted by atomic mass is 9.81. The number of halogens is 2. The van der Waals surface area contributed by atoms with E-state index < -0.39 is 17.0 Å². The zero-order valence-electron chi connectivity index (χ0n) is 12.0. The highest BCUT2D eigenvalue weighted by molar-refractivity contribution is 5.82. The summed E-state index contributed by atoms with van der Waals surface area (Å²) in [6.45, 7) is 4.38. The third-order valence-electron chi connectivity index (χ3n) is 3.94. The van der Waals surface area contributed by atoms with Gasteiger partial charge >= 0.3 is 0 Å². The van der Waals surface area contributed by atoms with Crippen molar-refractivity contribution >= 4 is 5.91 Å². The maximum Gasteiger partial charge on any atom is 0.227 e. The topological polar surface area (TPSA) is 55.1 Å². The van der Waals surface area contributed by atoms with Crippen molar-refractivity contribution in [1.29, 1.82) is 0 Å². The quantitative estimate of drug-likeness (QED) is 0.807. The Labute approximate surface area is 118 Å². The van der Waals surface area contributed by atoms with Crippen molar-refractivity contribution in [3.05, 3.63) is 35.4 Å². The second-order valence-electron chi connectivity index (χ2n) is 4.91.